The molecule has 0 aliphatic rings. The summed E-state index contributed by atoms with van der Waals surface area (Å²) in [5.41, 5.74) is 17.8. The Balaban J connectivity index is 0.000000385. The van der Waals surface area contributed by atoms with Crippen LogP contribution >= 0.6 is 0 Å². The quantitative estimate of drug-likeness (QED) is 0.451. The highest BCUT2D eigenvalue weighted by Gasteiger charge is 2.03. The number of anilines is 3. The summed E-state index contributed by atoms with van der Waals surface area (Å²) < 4.78 is 0. The van der Waals surface area contributed by atoms with Gasteiger partial charge in [0.05, 0.1) is 22.5 Å². The number of carbonyl (C=O) groups is 2. The summed E-state index contributed by atoms with van der Waals surface area (Å²) in [5.74, 6) is -1.93. The molecule has 0 saturated carbocycles. The molecule has 0 amide bonds. The fourth-order valence-corrected chi connectivity index (χ4v) is 1.33. The molecule has 8 nitrogen and oxygen atoms in total. The Kier molecular flexibility index (Phi) is 6.92. The van der Waals surface area contributed by atoms with E-state index in [1.165, 1.54) is 30.3 Å². The summed E-state index contributed by atoms with van der Waals surface area (Å²) in [5, 5.41) is 16.9. The number of hydrogen-bond donors (Lipinski definition) is 6. The molecule has 0 aliphatic carbocycles. The van der Waals surface area contributed by atoms with Gasteiger partial charge < -0.3 is 33.6 Å². The van der Waals surface area contributed by atoms with Crippen molar-refractivity contribution in [2.24, 2.45) is 0 Å². The van der Waals surface area contributed by atoms with Gasteiger partial charge in [-0.15, -0.1) is 0 Å². The molecular weight excluding hydrogens is 288 g/mol. The molecule has 2 aromatic rings. The third-order valence-electron chi connectivity index (χ3n) is 2.49. The third-order valence-corrected chi connectivity index (χ3v) is 2.49. The Morgan fingerprint density at radius 2 is 1.18 bits per heavy atom. The fourth-order valence-electron chi connectivity index (χ4n) is 1.33. The van der Waals surface area contributed by atoms with E-state index in [1.54, 1.807) is 12.1 Å². The average Bonchev–Trinajstić information content (AvgIpc) is 2.43. The van der Waals surface area contributed by atoms with Crippen LogP contribution in [0.4, 0.5) is 17.1 Å². The standard InChI is InChI=1S/C7H8N2O2.C7H7NO2.H3N/c8-5-2-1-4(7(10)11)3-6(5)9;8-6-3-1-5(2-4-6)7(9)10;/h1-3H,8-9H2,(H,10,11);1-4H,8H2,(H,9,10);1H3. The van der Waals surface area contributed by atoms with E-state index in [1.807, 2.05) is 0 Å². The Hall–Kier alpha value is -3.26. The van der Waals surface area contributed by atoms with Crippen LogP contribution in [0.1, 0.15) is 20.7 Å². The number of carboxylic acids is 2. The highest BCUT2D eigenvalue weighted by atomic mass is 16.4. The van der Waals surface area contributed by atoms with Crippen molar-refractivity contribution in [3.05, 3.63) is 53.6 Å². The second-order valence-electron chi connectivity index (χ2n) is 4.08. The van der Waals surface area contributed by atoms with Gasteiger partial charge in [-0.2, -0.15) is 0 Å². The van der Waals surface area contributed by atoms with E-state index >= 15 is 0 Å². The van der Waals surface area contributed by atoms with Crippen molar-refractivity contribution >= 4 is 29.0 Å². The molecule has 0 atom stereocenters. The molecule has 2 rings (SSSR count). The van der Waals surface area contributed by atoms with Crippen molar-refractivity contribution in [3.63, 3.8) is 0 Å². The zero-order valence-electron chi connectivity index (χ0n) is 11.7. The number of aromatic carboxylic acids is 2. The number of nitrogens with two attached hydrogens (primary N) is 3. The molecule has 0 aromatic heterocycles. The van der Waals surface area contributed by atoms with E-state index < -0.39 is 11.9 Å². The number of benzene rings is 2. The summed E-state index contributed by atoms with van der Waals surface area (Å²) in [6.45, 7) is 0. The molecule has 0 fully saturated rings. The minimum atomic E-state index is -1.00. The van der Waals surface area contributed by atoms with Gasteiger partial charge >= 0.3 is 11.9 Å². The molecule has 0 saturated heterocycles. The van der Waals surface area contributed by atoms with Crippen LogP contribution in [0.3, 0.4) is 0 Å². The molecule has 2 aromatic carbocycles. The summed E-state index contributed by atoms with van der Waals surface area (Å²) in [6, 6.07) is 10.3. The van der Waals surface area contributed by atoms with Crippen LogP contribution in [-0.4, -0.2) is 22.2 Å². The molecule has 0 spiro atoms. The zero-order chi connectivity index (χ0) is 16.0. The zero-order valence-corrected chi connectivity index (χ0v) is 11.7. The van der Waals surface area contributed by atoms with Crippen molar-refractivity contribution < 1.29 is 19.8 Å². The number of nitrogen functional groups attached to an aromatic ring is 3. The summed E-state index contributed by atoms with van der Waals surface area (Å²) in [6.07, 6.45) is 0. The Morgan fingerprint density at radius 3 is 1.59 bits per heavy atom. The van der Waals surface area contributed by atoms with Crippen molar-refractivity contribution in [2.75, 3.05) is 17.2 Å². The first-order valence-electron chi connectivity index (χ1n) is 5.78. The molecule has 0 heterocycles. The SMILES string of the molecule is N.Nc1ccc(C(=O)O)cc1.Nc1ccc(C(=O)O)cc1N. The van der Waals surface area contributed by atoms with E-state index in [2.05, 4.69) is 0 Å². The smallest absolute Gasteiger partial charge is 0.335 e. The van der Waals surface area contributed by atoms with Crippen LogP contribution in [0, 0.1) is 0 Å². The largest absolute Gasteiger partial charge is 0.478 e. The number of rotatable bonds is 2. The Labute approximate surface area is 126 Å². The molecule has 0 bridgehead atoms. The molecular formula is C14H18N4O4. The second kappa shape index (κ2) is 8.12. The van der Waals surface area contributed by atoms with Gasteiger partial charge in [0, 0.05) is 5.69 Å². The molecule has 11 N–H and O–H groups in total. The maximum Gasteiger partial charge on any atom is 0.335 e. The van der Waals surface area contributed by atoms with E-state index in [9.17, 15) is 9.59 Å². The lowest BCUT2D eigenvalue weighted by Crippen LogP contribution is -2.00. The van der Waals surface area contributed by atoms with Gasteiger partial charge in [-0.1, -0.05) is 0 Å². The topological polar surface area (TPSA) is 188 Å². The van der Waals surface area contributed by atoms with Gasteiger partial charge in [-0.05, 0) is 42.5 Å². The molecule has 0 unspecified atom stereocenters. The molecule has 0 radical (unpaired) electrons. The van der Waals surface area contributed by atoms with E-state index in [0.717, 1.165) is 0 Å². The third kappa shape index (κ3) is 5.39. The van der Waals surface area contributed by atoms with Crippen LogP contribution in [0.2, 0.25) is 0 Å². The first kappa shape index (κ1) is 18.7. The van der Waals surface area contributed by atoms with Crippen LogP contribution in [0.5, 0.6) is 0 Å². The van der Waals surface area contributed by atoms with Crippen LogP contribution < -0.4 is 23.4 Å². The van der Waals surface area contributed by atoms with Gasteiger partial charge in [0.25, 0.3) is 0 Å². The highest BCUT2D eigenvalue weighted by molar-refractivity contribution is 5.90. The minimum absolute atomic E-state index is 0. The summed E-state index contributed by atoms with van der Waals surface area (Å²) in [7, 11) is 0. The predicted molar refractivity (Wildman–Crippen MR) is 85.1 cm³/mol. The summed E-state index contributed by atoms with van der Waals surface area (Å²) in [4.78, 5) is 20.6. The highest BCUT2D eigenvalue weighted by Crippen LogP contribution is 2.15. The maximum atomic E-state index is 10.4. The Morgan fingerprint density at radius 1 is 0.727 bits per heavy atom. The van der Waals surface area contributed by atoms with Crippen molar-refractivity contribution in [3.8, 4) is 0 Å². The van der Waals surface area contributed by atoms with Crippen LogP contribution in [0.15, 0.2) is 42.5 Å². The Bertz CT molecular complexity index is 656. The summed E-state index contributed by atoms with van der Waals surface area (Å²) >= 11 is 0. The lowest BCUT2D eigenvalue weighted by atomic mass is 10.2. The van der Waals surface area contributed by atoms with Gasteiger partial charge in [-0.3, -0.25) is 0 Å². The van der Waals surface area contributed by atoms with E-state index in [4.69, 9.17) is 27.4 Å². The van der Waals surface area contributed by atoms with Gasteiger partial charge in [-0.25, -0.2) is 9.59 Å². The van der Waals surface area contributed by atoms with Gasteiger partial charge in [0.15, 0.2) is 0 Å². The number of carboxylic acid groups (broad SMARTS) is 2. The average molecular weight is 306 g/mol. The molecule has 8 heteroatoms. The lowest BCUT2D eigenvalue weighted by molar-refractivity contribution is 0.0686. The first-order chi connectivity index (χ1) is 9.81. The van der Waals surface area contributed by atoms with Crippen LogP contribution in [-0.2, 0) is 0 Å². The first-order valence-corrected chi connectivity index (χ1v) is 5.78. The van der Waals surface area contributed by atoms with E-state index in [0.29, 0.717) is 17.1 Å². The molecule has 0 aliphatic heterocycles. The normalized spacial score (nSPS) is 8.91. The van der Waals surface area contributed by atoms with Gasteiger partial charge in [0.2, 0.25) is 0 Å². The number of hydrogen-bond acceptors (Lipinski definition) is 6. The van der Waals surface area contributed by atoms with Crippen molar-refractivity contribution in [1.82, 2.24) is 6.15 Å². The molecule has 22 heavy (non-hydrogen) atoms. The van der Waals surface area contributed by atoms with Crippen molar-refractivity contribution in [2.45, 2.75) is 0 Å². The fraction of sp³-hybridized carbons (Fsp3) is 0. The van der Waals surface area contributed by atoms with E-state index in [-0.39, 0.29) is 17.3 Å². The molecule has 118 valence electrons. The lowest BCUT2D eigenvalue weighted by Gasteiger charge is -1.99. The van der Waals surface area contributed by atoms with Crippen molar-refractivity contribution in [1.29, 1.82) is 0 Å². The predicted octanol–water partition coefficient (Wildman–Crippen LogP) is 1.68. The monoisotopic (exact) mass is 306 g/mol. The van der Waals surface area contributed by atoms with Crippen LogP contribution in [0.25, 0.3) is 0 Å². The second-order valence-corrected chi connectivity index (χ2v) is 4.08. The minimum Gasteiger partial charge on any atom is -0.478 e. The van der Waals surface area contributed by atoms with Gasteiger partial charge in [0.1, 0.15) is 0 Å². The maximum absolute atomic E-state index is 10.4.